The van der Waals surface area contributed by atoms with Gasteiger partial charge in [-0.05, 0) is 30.7 Å². The lowest BCUT2D eigenvalue weighted by Gasteiger charge is -2.35. The van der Waals surface area contributed by atoms with Crippen LogP contribution in [0.5, 0.6) is 0 Å². The van der Waals surface area contributed by atoms with E-state index in [0.717, 1.165) is 64.8 Å². The normalized spacial score (nSPS) is 16.8. The number of rotatable bonds is 12. The third-order valence-electron chi connectivity index (χ3n) is 5.15. The second kappa shape index (κ2) is 14.4. The maximum atomic E-state index is 5.75. The Hall–Kier alpha value is -1.63. The number of unbranched alkanes of at least 4 members (excludes halogenated alkanes) is 1. The highest BCUT2D eigenvalue weighted by atomic mass is 16.5. The van der Waals surface area contributed by atoms with Gasteiger partial charge in [-0.1, -0.05) is 44.2 Å². The van der Waals surface area contributed by atoms with Gasteiger partial charge in [0.05, 0.1) is 19.8 Å². The zero-order valence-corrected chi connectivity index (χ0v) is 18.5. The molecule has 164 valence electrons. The number of nitrogens with one attached hydrogen (secondary N) is 2. The minimum Gasteiger partial charge on any atom is -0.379 e. The number of morpholine rings is 1. The highest BCUT2D eigenvalue weighted by Gasteiger charge is 2.22. The van der Waals surface area contributed by atoms with Crippen LogP contribution in [0.25, 0.3) is 0 Å². The Kier molecular flexibility index (Phi) is 11.7. The van der Waals surface area contributed by atoms with Gasteiger partial charge < -0.3 is 20.1 Å². The number of aliphatic imine (C=N–C) groups is 1. The molecule has 1 heterocycles. The summed E-state index contributed by atoms with van der Waals surface area (Å²) >= 11 is 0. The second-order valence-corrected chi connectivity index (χ2v) is 8.06. The van der Waals surface area contributed by atoms with Crippen LogP contribution in [-0.2, 0) is 16.1 Å². The van der Waals surface area contributed by atoms with Gasteiger partial charge in [-0.15, -0.1) is 0 Å². The van der Waals surface area contributed by atoms with Crippen LogP contribution in [0.3, 0.4) is 0 Å². The van der Waals surface area contributed by atoms with Crippen LogP contribution in [0.1, 0.15) is 38.7 Å². The van der Waals surface area contributed by atoms with Crippen molar-refractivity contribution in [3.05, 3.63) is 35.9 Å². The van der Waals surface area contributed by atoms with E-state index in [4.69, 9.17) is 9.47 Å². The zero-order chi connectivity index (χ0) is 20.7. The van der Waals surface area contributed by atoms with E-state index in [0.29, 0.717) is 18.6 Å². The van der Waals surface area contributed by atoms with E-state index >= 15 is 0 Å². The first kappa shape index (κ1) is 23.6. The smallest absolute Gasteiger partial charge is 0.191 e. The van der Waals surface area contributed by atoms with Crippen molar-refractivity contribution in [2.75, 3.05) is 53.0 Å². The summed E-state index contributed by atoms with van der Waals surface area (Å²) in [5, 5.41) is 6.95. The molecule has 0 radical (unpaired) electrons. The molecule has 0 saturated carbocycles. The molecule has 1 aliphatic rings. The summed E-state index contributed by atoms with van der Waals surface area (Å²) in [7, 11) is 1.84. The van der Waals surface area contributed by atoms with Crippen LogP contribution in [0.2, 0.25) is 0 Å². The van der Waals surface area contributed by atoms with Gasteiger partial charge in [0.15, 0.2) is 5.96 Å². The molecule has 29 heavy (non-hydrogen) atoms. The molecule has 0 aliphatic carbocycles. The number of nitrogens with zero attached hydrogens (tertiary/aromatic N) is 2. The maximum absolute atomic E-state index is 5.75. The van der Waals surface area contributed by atoms with Crippen LogP contribution < -0.4 is 10.6 Å². The van der Waals surface area contributed by atoms with E-state index in [1.54, 1.807) is 0 Å². The quantitative estimate of drug-likeness (QED) is 0.319. The Morgan fingerprint density at radius 3 is 2.59 bits per heavy atom. The number of benzene rings is 1. The summed E-state index contributed by atoms with van der Waals surface area (Å²) in [5.74, 6) is 1.56. The molecule has 2 N–H and O–H groups in total. The van der Waals surface area contributed by atoms with Crippen LogP contribution in [-0.4, -0.2) is 69.9 Å². The van der Waals surface area contributed by atoms with Gasteiger partial charge in [-0.25, -0.2) is 0 Å². The van der Waals surface area contributed by atoms with Crippen LogP contribution in [0.4, 0.5) is 0 Å². The topological polar surface area (TPSA) is 58.1 Å². The SMILES string of the molecule is CN=C(NCCCCOCc1ccccc1)NCC(CC(C)C)N1CCOCC1. The second-order valence-electron chi connectivity index (χ2n) is 8.06. The van der Waals surface area contributed by atoms with E-state index < -0.39 is 0 Å². The number of guanidine groups is 1. The fraction of sp³-hybridized carbons (Fsp3) is 0.696. The largest absolute Gasteiger partial charge is 0.379 e. The Balaban J connectivity index is 1.59. The summed E-state index contributed by atoms with van der Waals surface area (Å²) in [5.41, 5.74) is 1.23. The fourth-order valence-corrected chi connectivity index (χ4v) is 3.58. The van der Waals surface area contributed by atoms with Gasteiger partial charge >= 0.3 is 0 Å². The van der Waals surface area contributed by atoms with Gasteiger partial charge in [0.25, 0.3) is 0 Å². The zero-order valence-electron chi connectivity index (χ0n) is 18.5. The lowest BCUT2D eigenvalue weighted by molar-refractivity contribution is 0.0132. The van der Waals surface area contributed by atoms with E-state index in [1.807, 2.05) is 25.2 Å². The lowest BCUT2D eigenvalue weighted by Crippen LogP contribution is -2.51. The predicted molar refractivity (Wildman–Crippen MR) is 120 cm³/mol. The minimum atomic E-state index is 0.517. The highest BCUT2D eigenvalue weighted by Crippen LogP contribution is 2.13. The van der Waals surface area contributed by atoms with Crippen LogP contribution in [0, 0.1) is 5.92 Å². The summed E-state index contributed by atoms with van der Waals surface area (Å²) in [6.07, 6.45) is 3.29. The number of hydrogen-bond donors (Lipinski definition) is 2. The molecule has 6 nitrogen and oxygen atoms in total. The maximum Gasteiger partial charge on any atom is 0.191 e. The minimum absolute atomic E-state index is 0.517. The third kappa shape index (κ3) is 10.1. The summed E-state index contributed by atoms with van der Waals surface area (Å²) < 4.78 is 11.3. The van der Waals surface area contributed by atoms with Crippen LogP contribution in [0.15, 0.2) is 35.3 Å². The van der Waals surface area contributed by atoms with Crippen molar-refractivity contribution in [3.8, 4) is 0 Å². The predicted octanol–water partition coefficient (Wildman–Crippen LogP) is 2.90. The molecule has 0 spiro atoms. The van der Waals surface area contributed by atoms with Crippen LogP contribution >= 0.6 is 0 Å². The standard InChI is InChI=1S/C23H40N4O2/c1-20(2)17-22(27-12-15-28-16-13-27)18-26-23(24-3)25-11-7-8-14-29-19-21-9-5-4-6-10-21/h4-6,9-10,20,22H,7-8,11-19H2,1-3H3,(H2,24,25,26). The van der Waals surface area contributed by atoms with E-state index in [2.05, 4.69) is 46.5 Å². The Morgan fingerprint density at radius 1 is 1.14 bits per heavy atom. The average Bonchev–Trinajstić information content (AvgIpc) is 2.75. The molecule has 1 aromatic rings. The molecule has 0 amide bonds. The van der Waals surface area contributed by atoms with Crippen molar-refractivity contribution in [2.24, 2.45) is 10.9 Å². The Bertz CT molecular complexity index is 559. The first-order valence-corrected chi connectivity index (χ1v) is 11.1. The van der Waals surface area contributed by atoms with Crippen molar-refractivity contribution in [1.29, 1.82) is 0 Å². The lowest BCUT2D eigenvalue weighted by atomic mass is 10.0. The molecule has 0 aromatic heterocycles. The van der Waals surface area contributed by atoms with Crippen molar-refractivity contribution in [3.63, 3.8) is 0 Å². The van der Waals surface area contributed by atoms with E-state index in [9.17, 15) is 0 Å². The Morgan fingerprint density at radius 2 is 1.90 bits per heavy atom. The molecular weight excluding hydrogens is 364 g/mol. The Labute approximate surface area is 177 Å². The summed E-state index contributed by atoms with van der Waals surface area (Å²) in [4.78, 5) is 6.93. The van der Waals surface area contributed by atoms with Gasteiger partial charge in [0.2, 0.25) is 0 Å². The molecular formula is C23H40N4O2. The van der Waals surface area contributed by atoms with Crippen molar-refractivity contribution >= 4 is 5.96 Å². The molecule has 2 rings (SSSR count). The highest BCUT2D eigenvalue weighted by molar-refractivity contribution is 5.79. The molecule has 6 heteroatoms. The third-order valence-corrected chi connectivity index (χ3v) is 5.15. The van der Waals surface area contributed by atoms with E-state index in [1.165, 1.54) is 12.0 Å². The van der Waals surface area contributed by atoms with Crippen molar-refractivity contribution < 1.29 is 9.47 Å². The summed E-state index contributed by atoms with van der Waals surface area (Å²) in [6, 6.07) is 10.8. The first-order chi connectivity index (χ1) is 14.2. The molecule has 1 aromatic carbocycles. The van der Waals surface area contributed by atoms with Crippen molar-refractivity contribution in [2.45, 2.75) is 45.8 Å². The monoisotopic (exact) mass is 404 g/mol. The molecule has 1 unspecified atom stereocenters. The molecule has 0 bridgehead atoms. The summed E-state index contributed by atoms with van der Waals surface area (Å²) in [6.45, 7) is 11.6. The fourth-order valence-electron chi connectivity index (χ4n) is 3.58. The number of ether oxygens (including phenoxy) is 2. The van der Waals surface area contributed by atoms with Gasteiger partial charge in [-0.2, -0.15) is 0 Å². The van der Waals surface area contributed by atoms with Gasteiger partial charge in [0, 0.05) is 45.9 Å². The van der Waals surface area contributed by atoms with Gasteiger partial charge in [0.1, 0.15) is 0 Å². The molecule has 1 atom stereocenters. The molecule has 1 fully saturated rings. The first-order valence-electron chi connectivity index (χ1n) is 11.1. The molecule has 1 saturated heterocycles. The number of hydrogen-bond acceptors (Lipinski definition) is 4. The average molecular weight is 405 g/mol. The van der Waals surface area contributed by atoms with Crippen molar-refractivity contribution in [1.82, 2.24) is 15.5 Å². The van der Waals surface area contributed by atoms with Gasteiger partial charge in [-0.3, -0.25) is 9.89 Å². The molecule has 1 aliphatic heterocycles. The van der Waals surface area contributed by atoms with E-state index in [-0.39, 0.29) is 0 Å².